The Balaban J connectivity index is 3.31. The van der Waals surface area contributed by atoms with Gasteiger partial charge in [0, 0.05) is 0 Å². The maximum absolute atomic E-state index is 3.63. The maximum atomic E-state index is 3.63. The summed E-state index contributed by atoms with van der Waals surface area (Å²) in [6.07, 6.45) is 8.56. The Morgan fingerprint density at radius 3 is 2.67 bits per heavy atom. The molecule has 0 heteroatoms. The topological polar surface area (TPSA) is 0 Å². The molecule has 0 aliphatic rings. The number of hydrogen-bond donors (Lipinski definition) is 0. The molecule has 0 bridgehead atoms. The zero-order valence-electron chi connectivity index (χ0n) is 6.43. The van der Waals surface area contributed by atoms with E-state index in [1.165, 1.54) is 6.42 Å². The largest absolute Gasteiger partial charge is 0.103 e. The predicted octanol–water partition coefficient (Wildman–Crippen LogP) is 3.16. The quantitative estimate of drug-likeness (QED) is 0.505. The van der Waals surface area contributed by atoms with Crippen molar-refractivity contribution in [1.82, 2.24) is 0 Å². The predicted molar refractivity (Wildman–Crippen MR) is 43.4 cm³/mol. The van der Waals surface area contributed by atoms with Crippen LogP contribution in [0.4, 0.5) is 0 Å². The lowest BCUT2D eigenvalue weighted by Gasteiger charge is -1.96. The minimum Gasteiger partial charge on any atom is -0.103 e. The molecule has 0 spiro atoms. The molecule has 0 saturated carbocycles. The highest BCUT2D eigenvalue weighted by Gasteiger charge is 1.87. The number of hydrogen-bond acceptors (Lipinski definition) is 0. The van der Waals surface area contributed by atoms with Gasteiger partial charge in [-0.15, -0.1) is 6.58 Å². The van der Waals surface area contributed by atoms with Crippen LogP contribution < -0.4 is 0 Å². The fraction of sp³-hybridized carbons (Fsp3) is 0.556. The molecule has 52 valence electrons. The summed E-state index contributed by atoms with van der Waals surface area (Å²) in [4.78, 5) is 0. The van der Waals surface area contributed by atoms with Crippen molar-refractivity contribution in [2.75, 3.05) is 0 Å². The summed E-state index contributed by atoms with van der Waals surface area (Å²) in [5.74, 6) is 0.727. The Labute approximate surface area is 58.3 Å². The molecule has 0 aromatic carbocycles. The monoisotopic (exact) mass is 124 g/mol. The number of allylic oxidation sites excluding steroid dienone is 3. The third-order valence-electron chi connectivity index (χ3n) is 1.41. The van der Waals surface area contributed by atoms with Gasteiger partial charge < -0.3 is 0 Å². The van der Waals surface area contributed by atoms with E-state index in [-0.39, 0.29) is 0 Å². The van der Waals surface area contributed by atoms with Crippen molar-refractivity contribution in [2.45, 2.75) is 26.7 Å². The van der Waals surface area contributed by atoms with E-state index in [4.69, 9.17) is 0 Å². The number of rotatable bonds is 4. The Hall–Kier alpha value is -0.520. The van der Waals surface area contributed by atoms with E-state index in [0.717, 1.165) is 12.3 Å². The van der Waals surface area contributed by atoms with E-state index in [0.29, 0.717) is 0 Å². The Bertz CT molecular complexity index is 90.2. The summed E-state index contributed by atoms with van der Waals surface area (Å²) in [7, 11) is 0. The van der Waals surface area contributed by atoms with Crippen molar-refractivity contribution >= 4 is 0 Å². The van der Waals surface area contributed by atoms with Gasteiger partial charge in [-0.25, -0.2) is 0 Å². The lowest BCUT2D eigenvalue weighted by atomic mass is 10.1. The first-order valence-electron chi connectivity index (χ1n) is 3.58. The summed E-state index contributed by atoms with van der Waals surface area (Å²) in [6, 6.07) is 0. The molecule has 0 nitrogen and oxygen atoms in total. The fourth-order valence-corrected chi connectivity index (χ4v) is 0.543. The first-order chi connectivity index (χ1) is 4.31. The SMILES string of the molecule is C=CCC=CC(C)CC. The molecular formula is C9H16. The van der Waals surface area contributed by atoms with Gasteiger partial charge in [0.1, 0.15) is 0 Å². The highest BCUT2D eigenvalue weighted by molar-refractivity contribution is 4.90. The van der Waals surface area contributed by atoms with Crippen LogP contribution in [0.25, 0.3) is 0 Å². The van der Waals surface area contributed by atoms with Crippen LogP contribution in [-0.4, -0.2) is 0 Å². The lowest BCUT2D eigenvalue weighted by molar-refractivity contribution is 0.696. The Morgan fingerprint density at radius 2 is 2.22 bits per heavy atom. The molecule has 0 N–H and O–H groups in total. The molecule has 0 aliphatic carbocycles. The van der Waals surface area contributed by atoms with Gasteiger partial charge in [-0.2, -0.15) is 0 Å². The molecule has 0 fully saturated rings. The van der Waals surface area contributed by atoms with Gasteiger partial charge in [0.2, 0.25) is 0 Å². The minimum atomic E-state index is 0.727. The average molecular weight is 124 g/mol. The third kappa shape index (κ3) is 5.35. The maximum Gasteiger partial charge on any atom is -0.0172 e. The van der Waals surface area contributed by atoms with E-state index in [1.807, 2.05) is 6.08 Å². The van der Waals surface area contributed by atoms with E-state index in [9.17, 15) is 0 Å². The van der Waals surface area contributed by atoms with E-state index < -0.39 is 0 Å². The van der Waals surface area contributed by atoms with Crippen LogP contribution in [0, 0.1) is 5.92 Å². The van der Waals surface area contributed by atoms with Crippen LogP contribution in [0.2, 0.25) is 0 Å². The molecule has 0 saturated heterocycles. The summed E-state index contributed by atoms with van der Waals surface area (Å²) in [6.45, 7) is 8.05. The summed E-state index contributed by atoms with van der Waals surface area (Å²) in [5, 5.41) is 0. The van der Waals surface area contributed by atoms with E-state index >= 15 is 0 Å². The van der Waals surface area contributed by atoms with Crippen molar-refractivity contribution < 1.29 is 0 Å². The van der Waals surface area contributed by atoms with Gasteiger partial charge in [-0.05, 0) is 12.3 Å². The van der Waals surface area contributed by atoms with Crippen LogP contribution in [-0.2, 0) is 0 Å². The zero-order chi connectivity index (χ0) is 7.11. The van der Waals surface area contributed by atoms with Gasteiger partial charge in [-0.1, -0.05) is 38.5 Å². The highest BCUT2D eigenvalue weighted by atomic mass is 13.9. The normalized spacial score (nSPS) is 14.0. The van der Waals surface area contributed by atoms with Gasteiger partial charge in [0.05, 0.1) is 0 Å². The highest BCUT2D eigenvalue weighted by Crippen LogP contribution is 2.02. The first kappa shape index (κ1) is 8.48. The van der Waals surface area contributed by atoms with Crippen LogP contribution in [0.15, 0.2) is 24.8 Å². The first-order valence-corrected chi connectivity index (χ1v) is 3.58. The minimum absolute atomic E-state index is 0.727. The summed E-state index contributed by atoms with van der Waals surface area (Å²) in [5.41, 5.74) is 0. The van der Waals surface area contributed by atoms with Gasteiger partial charge in [-0.3, -0.25) is 0 Å². The van der Waals surface area contributed by atoms with Crippen LogP contribution in [0.3, 0.4) is 0 Å². The molecule has 0 aliphatic heterocycles. The molecule has 0 rings (SSSR count). The van der Waals surface area contributed by atoms with Crippen molar-refractivity contribution in [3.8, 4) is 0 Å². The van der Waals surface area contributed by atoms with Crippen LogP contribution in [0.5, 0.6) is 0 Å². The van der Waals surface area contributed by atoms with Gasteiger partial charge in [0.25, 0.3) is 0 Å². The molecule has 1 atom stereocenters. The second-order valence-corrected chi connectivity index (χ2v) is 2.34. The van der Waals surface area contributed by atoms with Crippen molar-refractivity contribution in [1.29, 1.82) is 0 Å². The molecular weight excluding hydrogens is 108 g/mol. The zero-order valence-corrected chi connectivity index (χ0v) is 6.43. The molecule has 0 aromatic heterocycles. The van der Waals surface area contributed by atoms with E-state index in [1.54, 1.807) is 0 Å². The Kier molecular flexibility index (Phi) is 5.29. The van der Waals surface area contributed by atoms with Crippen molar-refractivity contribution in [3.05, 3.63) is 24.8 Å². The summed E-state index contributed by atoms with van der Waals surface area (Å²) >= 11 is 0. The van der Waals surface area contributed by atoms with Crippen molar-refractivity contribution in [3.63, 3.8) is 0 Å². The average Bonchev–Trinajstić information content (AvgIpc) is 1.89. The van der Waals surface area contributed by atoms with Crippen LogP contribution in [0.1, 0.15) is 26.7 Å². The molecule has 0 aromatic rings. The van der Waals surface area contributed by atoms with Crippen molar-refractivity contribution in [2.24, 2.45) is 5.92 Å². The molecule has 0 radical (unpaired) electrons. The van der Waals surface area contributed by atoms with Gasteiger partial charge in [0.15, 0.2) is 0 Å². The Morgan fingerprint density at radius 1 is 1.56 bits per heavy atom. The second-order valence-electron chi connectivity index (χ2n) is 2.34. The van der Waals surface area contributed by atoms with Crippen LogP contribution >= 0.6 is 0 Å². The standard InChI is InChI=1S/C9H16/c1-4-6-7-8-9(3)5-2/h4,7-9H,1,5-6H2,2-3H3. The van der Waals surface area contributed by atoms with Gasteiger partial charge >= 0.3 is 0 Å². The third-order valence-corrected chi connectivity index (χ3v) is 1.41. The summed E-state index contributed by atoms with van der Waals surface area (Å²) < 4.78 is 0. The molecule has 1 unspecified atom stereocenters. The fourth-order valence-electron chi connectivity index (χ4n) is 0.543. The molecule has 0 amide bonds. The molecule has 0 heterocycles. The molecule has 9 heavy (non-hydrogen) atoms. The second kappa shape index (κ2) is 5.61. The van der Waals surface area contributed by atoms with E-state index in [2.05, 4.69) is 32.6 Å². The lowest BCUT2D eigenvalue weighted by Crippen LogP contribution is -1.82. The smallest absolute Gasteiger partial charge is 0.0172 e.